The van der Waals surface area contributed by atoms with Gasteiger partial charge < -0.3 is 0 Å². The van der Waals surface area contributed by atoms with Gasteiger partial charge in [0, 0.05) is 24.8 Å². The van der Waals surface area contributed by atoms with Crippen molar-refractivity contribution in [1.29, 1.82) is 0 Å². The SMILES string of the molecule is CC(C)(C)C12CC3CC(CC(P(Cc4ccccc4C(P)(c4ncccn4)c4ncccn4)C45CC6CC(C4)CC(C(C)(C)C)(C6)C5)(C3)C1)C2. The molecule has 8 saturated carbocycles. The first-order valence-corrected chi connectivity index (χ1v) is 22.0. The Kier molecular flexibility index (Phi) is 7.74. The normalized spacial score (nSPS) is 38.1. The van der Waals surface area contributed by atoms with Crippen molar-refractivity contribution in [3.8, 4) is 0 Å². The first kappa shape index (κ1) is 34.0. The summed E-state index contributed by atoms with van der Waals surface area (Å²) in [6, 6.07) is 13.2. The molecular weight excluding hydrogens is 646 g/mol. The van der Waals surface area contributed by atoms with Crippen LogP contribution in [-0.4, -0.2) is 30.2 Å². The number of benzene rings is 1. The molecule has 2 heterocycles. The van der Waals surface area contributed by atoms with Gasteiger partial charge in [0.1, 0.15) is 16.8 Å². The van der Waals surface area contributed by atoms with Crippen molar-refractivity contribution in [2.24, 2.45) is 45.3 Å². The van der Waals surface area contributed by atoms with E-state index in [4.69, 9.17) is 19.9 Å². The molecule has 0 saturated heterocycles. The summed E-state index contributed by atoms with van der Waals surface area (Å²) in [5.41, 5.74) is 4.46. The molecule has 5 unspecified atom stereocenters. The second-order valence-corrected chi connectivity index (χ2v) is 24.6. The van der Waals surface area contributed by atoms with Crippen LogP contribution in [-0.2, 0) is 11.3 Å². The van der Waals surface area contributed by atoms with Crippen molar-refractivity contribution in [3.05, 3.63) is 84.0 Å². The van der Waals surface area contributed by atoms with Crippen LogP contribution in [0.2, 0.25) is 0 Å². The fourth-order valence-electron chi connectivity index (χ4n) is 14.2. The van der Waals surface area contributed by atoms with E-state index in [0.29, 0.717) is 32.0 Å². The van der Waals surface area contributed by atoms with Crippen LogP contribution in [0, 0.1) is 45.3 Å². The molecule has 0 radical (unpaired) electrons. The summed E-state index contributed by atoms with van der Waals surface area (Å²) in [5.74, 6) is 5.18. The molecule has 0 amide bonds. The van der Waals surface area contributed by atoms with Gasteiger partial charge in [0.15, 0.2) is 0 Å². The smallest absolute Gasteiger partial charge is 0.150 e. The van der Waals surface area contributed by atoms with Gasteiger partial charge in [-0.25, -0.2) is 19.9 Å². The lowest BCUT2D eigenvalue weighted by atomic mass is 9.43. The molecule has 6 heteroatoms. The van der Waals surface area contributed by atoms with Crippen molar-refractivity contribution in [3.63, 3.8) is 0 Å². The zero-order chi connectivity index (χ0) is 34.8. The summed E-state index contributed by atoms with van der Waals surface area (Å²) >= 11 is 0. The topological polar surface area (TPSA) is 51.6 Å². The Morgan fingerprint density at radius 1 is 0.600 bits per heavy atom. The monoisotopic (exact) mass is 706 g/mol. The van der Waals surface area contributed by atoms with Crippen molar-refractivity contribution in [1.82, 2.24) is 19.9 Å². The second kappa shape index (κ2) is 11.4. The lowest BCUT2D eigenvalue weighted by molar-refractivity contribution is -0.113. The molecule has 50 heavy (non-hydrogen) atoms. The van der Waals surface area contributed by atoms with Gasteiger partial charge in [-0.1, -0.05) is 73.7 Å². The molecule has 266 valence electrons. The maximum absolute atomic E-state index is 4.90. The van der Waals surface area contributed by atoms with Crippen LogP contribution in [0.3, 0.4) is 0 Å². The molecule has 8 aliphatic rings. The number of nitrogens with zero attached hydrogens (tertiary/aromatic N) is 4. The molecule has 8 aliphatic carbocycles. The van der Waals surface area contributed by atoms with Crippen LogP contribution in [0.4, 0.5) is 0 Å². The minimum atomic E-state index is -0.720. The van der Waals surface area contributed by atoms with E-state index in [1.165, 1.54) is 94.3 Å². The van der Waals surface area contributed by atoms with E-state index in [0.717, 1.165) is 35.3 Å². The van der Waals surface area contributed by atoms with E-state index in [9.17, 15) is 0 Å². The van der Waals surface area contributed by atoms with Crippen LogP contribution in [0.1, 0.15) is 141 Å². The molecule has 0 N–H and O–H groups in total. The Hall–Kier alpha value is -1.76. The van der Waals surface area contributed by atoms with Gasteiger partial charge in [-0.3, -0.25) is 0 Å². The van der Waals surface area contributed by atoms with Crippen molar-refractivity contribution in [2.75, 3.05) is 0 Å². The van der Waals surface area contributed by atoms with Gasteiger partial charge in [0.2, 0.25) is 0 Å². The molecule has 0 spiro atoms. The zero-order valence-electron chi connectivity index (χ0n) is 31.6. The highest BCUT2D eigenvalue weighted by atomic mass is 31.1. The van der Waals surface area contributed by atoms with Crippen LogP contribution >= 0.6 is 17.2 Å². The highest BCUT2D eigenvalue weighted by Crippen LogP contribution is 2.84. The fourth-order valence-corrected chi connectivity index (χ4v) is 20.0. The highest BCUT2D eigenvalue weighted by molar-refractivity contribution is 7.60. The van der Waals surface area contributed by atoms with Gasteiger partial charge >= 0.3 is 0 Å². The predicted molar refractivity (Wildman–Crippen MR) is 209 cm³/mol. The Bertz CT molecular complexity index is 1610. The van der Waals surface area contributed by atoms with Crippen LogP contribution in [0.5, 0.6) is 0 Å². The number of rotatable bonds is 7. The van der Waals surface area contributed by atoms with Crippen molar-refractivity contribution in [2.45, 2.75) is 140 Å². The largest absolute Gasteiger partial charge is 0.240 e. The third-order valence-electron chi connectivity index (χ3n) is 16.0. The lowest BCUT2D eigenvalue weighted by Crippen LogP contribution is -2.63. The Morgan fingerprint density at radius 3 is 1.40 bits per heavy atom. The molecule has 8 fully saturated rings. The van der Waals surface area contributed by atoms with E-state index >= 15 is 0 Å². The van der Waals surface area contributed by atoms with Crippen molar-refractivity contribution >= 4 is 17.2 Å². The molecule has 0 aliphatic heterocycles. The minimum absolute atomic E-state index is 0.335. The number of aromatic nitrogens is 4. The summed E-state index contributed by atoms with van der Waals surface area (Å²) in [4.78, 5) is 19.6. The Labute approximate surface area is 305 Å². The molecule has 5 atom stereocenters. The average Bonchev–Trinajstić information content (AvgIpc) is 3.05. The Balaban J connectivity index is 1.23. The predicted octanol–water partition coefficient (Wildman–Crippen LogP) is 11.2. The molecule has 11 rings (SSSR count). The molecule has 2 aromatic heterocycles. The molecular formula is C44H60N4P2. The second-order valence-electron chi connectivity index (χ2n) is 20.6. The average molecular weight is 707 g/mol. The number of hydrogen-bond donors (Lipinski definition) is 0. The quantitative estimate of drug-likeness (QED) is 0.230. The maximum Gasteiger partial charge on any atom is 0.150 e. The molecule has 1 aromatic carbocycles. The van der Waals surface area contributed by atoms with E-state index in [2.05, 4.69) is 75.0 Å². The summed E-state index contributed by atoms with van der Waals surface area (Å²) in [6.07, 6.45) is 26.5. The van der Waals surface area contributed by atoms with Gasteiger partial charge in [0.05, 0.1) is 0 Å². The standard InChI is InChI=1S/C44H60N4P2/c1-38(2,3)40-19-30-17-31(20-40)24-42(23-30,28-40)50(43-25-32-18-33(26-43)22-41(21-32,29-43)39(4,5)6)27-34-11-7-8-12-35(34)44(49,36-45-13-9-14-46-36)37-47-15-10-16-48-37/h7-16,30-33H,17-29,49H2,1-6H3. The van der Waals surface area contributed by atoms with Crippen LogP contribution in [0.15, 0.2) is 61.2 Å². The van der Waals surface area contributed by atoms with Crippen LogP contribution in [0.25, 0.3) is 0 Å². The molecule has 3 aromatic rings. The van der Waals surface area contributed by atoms with E-state index in [-0.39, 0.29) is 7.92 Å². The lowest BCUT2D eigenvalue weighted by Gasteiger charge is -2.74. The van der Waals surface area contributed by atoms with E-state index < -0.39 is 5.16 Å². The zero-order valence-corrected chi connectivity index (χ0v) is 33.6. The summed E-state index contributed by atoms with van der Waals surface area (Å²) in [5, 5.41) is 0.226. The minimum Gasteiger partial charge on any atom is -0.240 e. The summed E-state index contributed by atoms with van der Waals surface area (Å²) < 4.78 is 0. The first-order valence-electron chi connectivity index (χ1n) is 19.9. The van der Waals surface area contributed by atoms with Gasteiger partial charge in [-0.2, -0.15) is 0 Å². The van der Waals surface area contributed by atoms with E-state index in [1.807, 2.05) is 36.9 Å². The van der Waals surface area contributed by atoms with Crippen molar-refractivity contribution < 1.29 is 0 Å². The fraction of sp³-hybridized carbons (Fsp3) is 0.682. The third kappa shape index (κ3) is 5.02. The maximum atomic E-state index is 4.90. The first-order chi connectivity index (χ1) is 23.7. The molecule has 8 bridgehead atoms. The summed E-state index contributed by atoms with van der Waals surface area (Å²) in [6.45, 7) is 15.6. The highest BCUT2D eigenvalue weighted by Gasteiger charge is 2.69. The summed E-state index contributed by atoms with van der Waals surface area (Å²) in [7, 11) is 2.85. The van der Waals surface area contributed by atoms with Crippen LogP contribution < -0.4 is 0 Å². The van der Waals surface area contributed by atoms with E-state index in [1.54, 1.807) is 0 Å². The third-order valence-corrected chi connectivity index (χ3v) is 20.8. The Morgan fingerprint density at radius 2 is 1.00 bits per heavy atom. The number of hydrogen-bond acceptors (Lipinski definition) is 4. The molecule has 4 nitrogen and oxygen atoms in total. The van der Waals surface area contributed by atoms with Gasteiger partial charge in [0.25, 0.3) is 0 Å². The van der Waals surface area contributed by atoms with Gasteiger partial charge in [-0.05, 0) is 162 Å². The van der Waals surface area contributed by atoms with Gasteiger partial charge in [-0.15, -0.1) is 9.24 Å².